The van der Waals surface area contributed by atoms with Crippen LogP contribution in [0.1, 0.15) is 53.4 Å². The van der Waals surface area contributed by atoms with E-state index in [9.17, 15) is 0 Å². The predicted octanol–water partition coefficient (Wildman–Crippen LogP) is 3.79. The molecule has 1 nitrogen and oxygen atoms in total. The maximum absolute atomic E-state index is 2.84. The number of hydrogen-bond acceptors (Lipinski definition) is 1. The van der Waals surface area contributed by atoms with Gasteiger partial charge in [0.05, 0.1) is 0 Å². The molecule has 17 heavy (non-hydrogen) atoms. The van der Waals surface area contributed by atoms with Gasteiger partial charge in [-0.05, 0) is 69.1 Å². The lowest BCUT2D eigenvalue weighted by atomic mass is 9.57. The molecule has 1 aliphatic heterocycles. The number of fused-ring (bicyclic) bond motifs is 2. The van der Waals surface area contributed by atoms with Gasteiger partial charge < -0.3 is 0 Å². The molecule has 4 fully saturated rings. The standard InChI is InChI=1S/C16H29N/c1-10(2)16-15-13-7-5-12(6-8-13)14(15)9-17(16)11(3)4/h10-16H,5-9H2,1-4H3. The van der Waals surface area contributed by atoms with Crippen LogP contribution in [-0.2, 0) is 0 Å². The van der Waals surface area contributed by atoms with E-state index in [1.54, 1.807) is 25.7 Å². The van der Waals surface area contributed by atoms with E-state index in [1.165, 1.54) is 6.54 Å². The zero-order chi connectivity index (χ0) is 12.2. The van der Waals surface area contributed by atoms with E-state index in [0.29, 0.717) is 0 Å². The van der Waals surface area contributed by atoms with Crippen LogP contribution in [0.25, 0.3) is 0 Å². The van der Waals surface area contributed by atoms with Crippen LogP contribution in [0.4, 0.5) is 0 Å². The fourth-order valence-corrected chi connectivity index (χ4v) is 5.39. The molecule has 3 aliphatic carbocycles. The van der Waals surface area contributed by atoms with Crippen LogP contribution < -0.4 is 0 Å². The molecule has 98 valence electrons. The quantitative estimate of drug-likeness (QED) is 0.704. The first kappa shape index (κ1) is 12.0. The lowest BCUT2D eigenvalue weighted by Crippen LogP contribution is -2.45. The van der Waals surface area contributed by atoms with Crippen molar-refractivity contribution >= 4 is 0 Å². The number of hydrogen-bond donors (Lipinski definition) is 0. The van der Waals surface area contributed by atoms with E-state index >= 15 is 0 Å². The van der Waals surface area contributed by atoms with Crippen LogP contribution in [0.2, 0.25) is 0 Å². The Hall–Kier alpha value is -0.0400. The first-order chi connectivity index (χ1) is 8.09. The zero-order valence-corrected chi connectivity index (χ0v) is 12.0. The average molecular weight is 235 g/mol. The topological polar surface area (TPSA) is 3.24 Å². The van der Waals surface area contributed by atoms with Gasteiger partial charge in [0.15, 0.2) is 0 Å². The molecule has 4 rings (SSSR count). The minimum Gasteiger partial charge on any atom is -0.297 e. The van der Waals surface area contributed by atoms with Crippen molar-refractivity contribution in [3.8, 4) is 0 Å². The van der Waals surface area contributed by atoms with Gasteiger partial charge >= 0.3 is 0 Å². The van der Waals surface area contributed by atoms with E-state index in [2.05, 4.69) is 32.6 Å². The molecule has 4 aliphatic rings. The Morgan fingerprint density at radius 2 is 1.47 bits per heavy atom. The van der Waals surface area contributed by atoms with Crippen molar-refractivity contribution in [3.63, 3.8) is 0 Å². The molecule has 1 saturated heterocycles. The minimum absolute atomic E-state index is 0.743. The summed E-state index contributed by atoms with van der Waals surface area (Å²) >= 11 is 0. The molecule has 0 aromatic heterocycles. The van der Waals surface area contributed by atoms with Gasteiger partial charge in [-0.15, -0.1) is 0 Å². The summed E-state index contributed by atoms with van der Waals surface area (Å²) in [6.45, 7) is 11.1. The molecule has 3 unspecified atom stereocenters. The highest BCUT2D eigenvalue weighted by molar-refractivity contribution is 5.05. The largest absolute Gasteiger partial charge is 0.297 e. The normalized spacial score (nSPS) is 45.9. The smallest absolute Gasteiger partial charge is 0.0155 e. The Kier molecular flexibility index (Phi) is 3.01. The third-order valence-electron chi connectivity index (χ3n) is 6.01. The monoisotopic (exact) mass is 235 g/mol. The van der Waals surface area contributed by atoms with Crippen LogP contribution in [0.15, 0.2) is 0 Å². The second kappa shape index (κ2) is 4.26. The van der Waals surface area contributed by atoms with Gasteiger partial charge in [0.25, 0.3) is 0 Å². The average Bonchev–Trinajstić information content (AvgIpc) is 2.72. The molecular weight excluding hydrogens is 206 g/mol. The maximum Gasteiger partial charge on any atom is 0.0155 e. The Morgan fingerprint density at radius 3 is 2.00 bits per heavy atom. The van der Waals surface area contributed by atoms with Crippen LogP contribution in [-0.4, -0.2) is 23.5 Å². The fourth-order valence-electron chi connectivity index (χ4n) is 5.39. The van der Waals surface area contributed by atoms with Crippen molar-refractivity contribution in [1.82, 2.24) is 4.90 Å². The van der Waals surface area contributed by atoms with Gasteiger partial charge in [-0.25, -0.2) is 0 Å². The molecule has 3 atom stereocenters. The summed E-state index contributed by atoms with van der Waals surface area (Å²) < 4.78 is 0. The minimum atomic E-state index is 0.743. The van der Waals surface area contributed by atoms with Crippen molar-refractivity contribution in [2.24, 2.45) is 29.6 Å². The molecule has 3 saturated carbocycles. The van der Waals surface area contributed by atoms with Crippen LogP contribution in [0, 0.1) is 29.6 Å². The van der Waals surface area contributed by atoms with Crippen LogP contribution in [0.3, 0.4) is 0 Å². The van der Waals surface area contributed by atoms with Crippen molar-refractivity contribution < 1.29 is 0 Å². The van der Waals surface area contributed by atoms with Crippen LogP contribution >= 0.6 is 0 Å². The van der Waals surface area contributed by atoms with Crippen molar-refractivity contribution in [2.45, 2.75) is 65.5 Å². The lowest BCUT2D eigenvalue weighted by Gasteiger charge is -2.48. The number of rotatable bonds is 2. The summed E-state index contributed by atoms with van der Waals surface area (Å²) in [6, 6.07) is 1.63. The first-order valence-electron chi connectivity index (χ1n) is 7.85. The Balaban J connectivity index is 1.89. The zero-order valence-electron chi connectivity index (χ0n) is 12.0. The molecule has 0 radical (unpaired) electrons. The Bertz CT molecular complexity index is 271. The fraction of sp³-hybridized carbons (Fsp3) is 1.00. The Morgan fingerprint density at radius 1 is 0.882 bits per heavy atom. The second-order valence-electron chi connectivity index (χ2n) is 7.44. The van der Waals surface area contributed by atoms with E-state index in [0.717, 1.165) is 41.7 Å². The summed E-state index contributed by atoms with van der Waals surface area (Å²) in [5.74, 6) is 5.09. The molecule has 1 heteroatoms. The van der Waals surface area contributed by atoms with Gasteiger partial charge in [-0.1, -0.05) is 13.8 Å². The number of likely N-dealkylation sites (tertiary alicyclic amines) is 1. The van der Waals surface area contributed by atoms with Crippen LogP contribution in [0.5, 0.6) is 0 Å². The summed E-state index contributed by atoms with van der Waals surface area (Å²) in [7, 11) is 0. The van der Waals surface area contributed by atoms with Crippen molar-refractivity contribution in [3.05, 3.63) is 0 Å². The van der Waals surface area contributed by atoms with Gasteiger partial charge in [-0.2, -0.15) is 0 Å². The van der Waals surface area contributed by atoms with E-state index < -0.39 is 0 Å². The van der Waals surface area contributed by atoms with Crippen molar-refractivity contribution in [1.29, 1.82) is 0 Å². The molecule has 0 N–H and O–H groups in total. The second-order valence-corrected chi connectivity index (χ2v) is 7.44. The summed E-state index contributed by atoms with van der Waals surface area (Å²) in [6.07, 6.45) is 6.17. The molecule has 0 aromatic rings. The van der Waals surface area contributed by atoms with Gasteiger partial charge in [-0.3, -0.25) is 4.90 Å². The molecule has 0 spiro atoms. The maximum atomic E-state index is 2.84. The van der Waals surface area contributed by atoms with Gasteiger partial charge in [0.2, 0.25) is 0 Å². The molecule has 0 aromatic carbocycles. The van der Waals surface area contributed by atoms with Gasteiger partial charge in [0, 0.05) is 18.6 Å². The van der Waals surface area contributed by atoms with E-state index in [-0.39, 0.29) is 0 Å². The molecule has 0 amide bonds. The highest BCUT2D eigenvalue weighted by Crippen LogP contribution is 2.55. The molecule has 1 heterocycles. The molecule has 2 bridgehead atoms. The van der Waals surface area contributed by atoms with E-state index in [4.69, 9.17) is 0 Å². The molecular formula is C16H29N. The summed E-state index contributed by atoms with van der Waals surface area (Å²) in [5, 5.41) is 0. The first-order valence-corrected chi connectivity index (χ1v) is 7.85. The highest BCUT2D eigenvalue weighted by atomic mass is 15.2. The summed E-state index contributed by atoms with van der Waals surface area (Å²) in [5.41, 5.74) is 0. The summed E-state index contributed by atoms with van der Waals surface area (Å²) in [4.78, 5) is 2.84. The third kappa shape index (κ3) is 1.77. The highest BCUT2D eigenvalue weighted by Gasteiger charge is 2.53. The van der Waals surface area contributed by atoms with Gasteiger partial charge in [0.1, 0.15) is 0 Å². The Labute approximate surface area is 107 Å². The van der Waals surface area contributed by atoms with E-state index in [1.807, 2.05) is 0 Å². The lowest BCUT2D eigenvalue weighted by molar-refractivity contribution is 0.0278. The number of nitrogens with zero attached hydrogens (tertiary/aromatic N) is 1. The predicted molar refractivity (Wildman–Crippen MR) is 72.9 cm³/mol. The SMILES string of the molecule is CC(C)C1C2C3CCC(CC3)C2CN1C(C)C. The third-order valence-corrected chi connectivity index (χ3v) is 6.01. The van der Waals surface area contributed by atoms with Crippen molar-refractivity contribution in [2.75, 3.05) is 6.54 Å².